The molecule has 1 saturated heterocycles. The molecule has 1 atom stereocenters. The maximum Gasteiger partial charge on any atom is 0.321 e. The first-order chi connectivity index (χ1) is 10.0. The topological polar surface area (TPSA) is 95.7 Å². The molecule has 0 unspecified atom stereocenters. The third-order valence-corrected chi connectivity index (χ3v) is 3.86. The molecular weight excluding hydrogens is 294 g/mol. The summed E-state index contributed by atoms with van der Waals surface area (Å²) in [4.78, 5) is 24.9. The Hall–Kier alpha value is -1.79. The molecule has 0 saturated carbocycles. The van der Waals surface area contributed by atoms with Crippen molar-refractivity contribution < 1.29 is 14.7 Å². The van der Waals surface area contributed by atoms with Gasteiger partial charge in [-0.1, -0.05) is 11.6 Å². The van der Waals surface area contributed by atoms with Crippen LogP contribution in [-0.4, -0.2) is 41.6 Å². The molecule has 7 heteroatoms. The Bertz CT molecular complexity index is 550. The van der Waals surface area contributed by atoms with E-state index in [2.05, 4.69) is 5.32 Å². The van der Waals surface area contributed by atoms with Crippen LogP contribution in [0.15, 0.2) is 18.2 Å². The summed E-state index contributed by atoms with van der Waals surface area (Å²) in [5, 5.41) is 12.1. The van der Waals surface area contributed by atoms with Crippen LogP contribution in [0, 0.1) is 5.92 Å². The molecule has 114 valence electrons. The number of benzene rings is 1. The molecule has 1 aliphatic rings. The number of carbonyl (C=O) groups is 2. The number of nitrogens with one attached hydrogen (secondary N) is 1. The third-order valence-electron chi connectivity index (χ3n) is 3.55. The standard InChI is InChI=1S/C14H18ClN3O3/c15-12-6-10(3-4-11(12)13(16)20)17-14(21)18-5-1-2-9(7-18)8-19/h3-4,6,9,19H,1-2,5,7-8H2,(H2,16,20)(H,17,21)/t9-/m0/s1. The largest absolute Gasteiger partial charge is 0.396 e. The number of halogens is 1. The van der Waals surface area contributed by atoms with E-state index in [1.54, 1.807) is 11.0 Å². The third kappa shape index (κ3) is 3.86. The van der Waals surface area contributed by atoms with E-state index in [-0.39, 0.29) is 29.1 Å². The quantitative estimate of drug-likeness (QED) is 0.792. The zero-order chi connectivity index (χ0) is 15.4. The Labute approximate surface area is 127 Å². The number of nitrogens with two attached hydrogens (primary N) is 1. The average Bonchev–Trinajstić information content (AvgIpc) is 2.47. The summed E-state index contributed by atoms with van der Waals surface area (Å²) < 4.78 is 0. The van der Waals surface area contributed by atoms with Gasteiger partial charge in [0.05, 0.1) is 10.6 Å². The Morgan fingerprint density at radius 1 is 1.48 bits per heavy atom. The lowest BCUT2D eigenvalue weighted by Gasteiger charge is -2.31. The molecule has 3 amide bonds. The highest BCUT2D eigenvalue weighted by Crippen LogP contribution is 2.22. The molecular formula is C14H18ClN3O3. The van der Waals surface area contributed by atoms with Crippen molar-refractivity contribution in [2.75, 3.05) is 25.0 Å². The van der Waals surface area contributed by atoms with Gasteiger partial charge in [-0.2, -0.15) is 0 Å². The van der Waals surface area contributed by atoms with Crippen molar-refractivity contribution in [3.05, 3.63) is 28.8 Å². The predicted octanol–water partition coefficient (Wildman–Crippen LogP) is 1.68. The van der Waals surface area contributed by atoms with Gasteiger partial charge in [0.25, 0.3) is 0 Å². The number of rotatable bonds is 3. The van der Waals surface area contributed by atoms with Crippen molar-refractivity contribution in [2.24, 2.45) is 11.7 Å². The van der Waals surface area contributed by atoms with E-state index in [9.17, 15) is 14.7 Å². The van der Waals surface area contributed by atoms with Crippen LogP contribution >= 0.6 is 11.6 Å². The van der Waals surface area contributed by atoms with Crippen LogP contribution < -0.4 is 11.1 Å². The molecule has 1 aromatic carbocycles. The van der Waals surface area contributed by atoms with Gasteiger partial charge in [-0.15, -0.1) is 0 Å². The second kappa shape index (κ2) is 6.78. The smallest absolute Gasteiger partial charge is 0.321 e. The first kappa shape index (κ1) is 15.6. The number of hydrogen-bond acceptors (Lipinski definition) is 3. The summed E-state index contributed by atoms with van der Waals surface area (Å²) in [5.74, 6) is -0.481. The van der Waals surface area contributed by atoms with Crippen molar-refractivity contribution in [1.82, 2.24) is 4.90 Å². The van der Waals surface area contributed by atoms with Gasteiger partial charge in [0.1, 0.15) is 0 Å². The van der Waals surface area contributed by atoms with Crippen LogP contribution in [0.1, 0.15) is 23.2 Å². The second-order valence-corrected chi connectivity index (χ2v) is 5.53. The number of amides is 3. The van der Waals surface area contributed by atoms with Gasteiger partial charge in [-0.3, -0.25) is 4.79 Å². The summed E-state index contributed by atoms with van der Waals surface area (Å²) in [7, 11) is 0. The van der Waals surface area contributed by atoms with Crippen LogP contribution in [0.3, 0.4) is 0 Å². The fraction of sp³-hybridized carbons (Fsp3) is 0.429. The van der Waals surface area contributed by atoms with Gasteiger partial charge in [0.15, 0.2) is 0 Å². The molecule has 1 aromatic rings. The number of aliphatic hydroxyl groups excluding tert-OH is 1. The van der Waals surface area contributed by atoms with Crippen molar-refractivity contribution in [2.45, 2.75) is 12.8 Å². The molecule has 0 bridgehead atoms. The van der Waals surface area contributed by atoms with Crippen LogP contribution in [0.5, 0.6) is 0 Å². The van der Waals surface area contributed by atoms with E-state index >= 15 is 0 Å². The van der Waals surface area contributed by atoms with Crippen molar-refractivity contribution >= 4 is 29.2 Å². The maximum absolute atomic E-state index is 12.2. The maximum atomic E-state index is 12.2. The molecule has 2 rings (SSSR count). The molecule has 0 radical (unpaired) electrons. The number of nitrogens with zero attached hydrogens (tertiary/aromatic N) is 1. The summed E-state index contributed by atoms with van der Waals surface area (Å²) in [6, 6.07) is 4.31. The van der Waals surface area contributed by atoms with Crippen LogP contribution in [0.25, 0.3) is 0 Å². The minimum absolute atomic E-state index is 0.0862. The van der Waals surface area contributed by atoms with Gasteiger partial charge in [0.2, 0.25) is 5.91 Å². The Morgan fingerprint density at radius 2 is 2.24 bits per heavy atom. The molecule has 0 aliphatic carbocycles. The van der Waals surface area contributed by atoms with Gasteiger partial charge in [-0.05, 0) is 37.0 Å². The van der Waals surface area contributed by atoms with Crippen molar-refractivity contribution in [3.63, 3.8) is 0 Å². The lowest BCUT2D eigenvalue weighted by Crippen LogP contribution is -2.43. The van der Waals surface area contributed by atoms with Crippen LogP contribution in [-0.2, 0) is 0 Å². The molecule has 0 spiro atoms. The Kier molecular flexibility index (Phi) is 5.03. The molecule has 1 heterocycles. The predicted molar refractivity (Wildman–Crippen MR) is 80.4 cm³/mol. The number of likely N-dealkylation sites (tertiary alicyclic amines) is 1. The monoisotopic (exact) mass is 311 g/mol. The number of carbonyl (C=O) groups excluding carboxylic acids is 2. The first-order valence-corrected chi connectivity index (χ1v) is 7.15. The zero-order valence-corrected chi connectivity index (χ0v) is 12.3. The highest BCUT2D eigenvalue weighted by Gasteiger charge is 2.23. The molecule has 0 aromatic heterocycles. The number of piperidine rings is 1. The van der Waals surface area contributed by atoms with E-state index in [4.69, 9.17) is 17.3 Å². The molecule has 1 aliphatic heterocycles. The van der Waals surface area contributed by atoms with Crippen molar-refractivity contribution in [3.8, 4) is 0 Å². The summed E-state index contributed by atoms with van der Waals surface area (Å²) in [6.07, 6.45) is 1.80. The van der Waals surface area contributed by atoms with E-state index in [1.807, 2.05) is 0 Å². The summed E-state index contributed by atoms with van der Waals surface area (Å²) in [6.45, 7) is 1.29. The molecule has 4 N–H and O–H groups in total. The molecule has 21 heavy (non-hydrogen) atoms. The van der Waals surface area contributed by atoms with E-state index < -0.39 is 5.91 Å². The highest BCUT2D eigenvalue weighted by atomic mass is 35.5. The molecule has 1 fully saturated rings. The fourth-order valence-electron chi connectivity index (χ4n) is 2.39. The van der Waals surface area contributed by atoms with E-state index in [0.717, 1.165) is 12.8 Å². The lowest BCUT2D eigenvalue weighted by molar-refractivity contribution is 0.100. The zero-order valence-electron chi connectivity index (χ0n) is 11.5. The van der Waals surface area contributed by atoms with Gasteiger partial charge in [0, 0.05) is 25.4 Å². The minimum Gasteiger partial charge on any atom is -0.396 e. The molecule has 6 nitrogen and oxygen atoms in total. The normalized spacial score (nSPS) is 18.4. The lowest BCUT2D eigenvalue weighted by atomic mass is 9.99. The van der Waals surface area contributed by atoms with Crippen molar-refractivity contribution in [1.29, 1.82) is 0 Å². The number of urea groups is 1. The Morgan fingerprint density at radius 3 is 2.86 bits per heavy atom. The number of primary amides is 1. The van der Waals surface area contributed by atoms with Crippen LogP contribution in [0.4, 0.5) is 10.5 Å². The number of hydrogen-bond donors (Lipinski definition) is 3. The summed E-state index contributed by atoms with van der Waals surface area (Å²) in [5.41, 5.74) is 5.89. The minimum atomic E-state index is -0.611. The second-order valence-electron chi connectivity index (χ2n) is 5.13. The average molecular weight is 312 g/mol. The number of aliphatic hydroxyl groups is 1. The summed E-state index contributed by atoms with van der Waals surface area (Å²) >= 11 is 5.94. The number of anilines is 1. The fourth-order valence-corrected chi connectivity index (χ4v) is 2.67. The first-order valence-electron chi connectivity index (χ1n) is 6.77. The van der Waals surface area contributed by atoms with Gasteiger partial charge in [-0.25, -0.2) is 4.79 Å². The van der Waals surface area contributed by atoms with Gasteiger partial charge < -0.3 is 21.1 Å². The van der Waals surface area contributed by atoms with E-state index in [1.165, 1.54) is 12.1 Å². The van der Waals surface area contributed by atoms with Crippen LogP contribution in [0.2, 0.25) is 5.02 Å². The van der Waals surface area contributed by atoms with Gasteiger partial charge >= 0.3 is 6.03 Å². The Balaban J connectivity index is 2.02. The van der Waals surface area contributed by atoms with E-state index in [0.29, 0.717) is 18.8 Å². The SMILES string of the molecule is NC(=O)c1ccc(NC(=O)N2CCC[C@H](CO)C2)cc1Cl. The highest BCUT2D eigenvalue weighted by molar-refractivity contribution is 6.34.